The van der Waals surface area contributed by atoms with E-state index >= 15 is 0 Å². The molecule has 0 heterocycles. The lowest BCUT2D eigenvalue weighted by molar-refractivity contribution is -0.140. The first-order valence-corrected chi connectivity index (χ1v) is 8.66. The Kier molecular flexibility index (Phi) is 5.30. The molecule has 0 bridgehead atoms. The highest BCUT2D eigenvalue weighted by Crippen LogP contribution is 2.53. The Morgan fingerprint density at radius 1 is 1.40 bits per heavy atom. The van der Waals surface area contributed by atoms with Gasteiger partial charge in [0.1, 0.15) is 5.76 Å². The summed E-state index contributed by atoms with van der Waals surface area (Å²) < 4.78 is 5.62. The van der Waals surface area contributed by atoms with E-state index in [0.717, 1.165) is 18.6 Å². The van der Waals surface area contributed by atoms with Gasteiger partial charge in [0.2, 0.25) is 0 Å². The number of esters is 1. The molecule has 2 aliphatic rings. The van der Waals surface area contributed by atoms with Crippen molar-refractivity contribution < 1.29 is 14.3 Å². The smallest absolute Gasteiger partial charge is 0.310 e. The van der Waals surface area contributed by atoms with Crippen molar-refractivity contribution in [3.05, 3.63) is 11.8 Å². The lowest BCUT2D eigenvalue weighted by Crippen LogP contribution is -2.44. The minimum absolute atomic E-state index is 0.114. The van der Waals surface area contributed by atoms with Crippen LogP contribution in [0.5, 0.6) is 0 Å². The van der Waals surface area contributed by atoms with E-state index in [1.165, 1.54) is 25.3 Å². The highest BCUT2D eigenvalue weighted by atomic mass is 32.2. The van der Waals surface area contributed by atoms with Crippen LogP contribution in [0, 0.1) is 5.92 Å². The SMILES string of the molecule is CCCC(=O)OC1=CC(=O)CC(C2(SCC)CCC2)C1. The number of carbonyl (C=O) groups is 2. The van der Waals surface area contributed by atoms with Crippen LogP contribution in [0.25, 0.3) is 0 Å². The van der Waals surface area contributed by atoms with Crippen LogP contribution in [0.1, 0.15) is 58.8 Å². The first kappa shape index (κ1) is 15.6. The van der Waals surface area contributed by atoms with Gasteiger partial charge in [0.05, 0.1) is 0 Å². The molecular weight excluding hydrogens is 272 g/mol. The zero-order chi connectivity index (χ0) is 14.6. The molecule has 4 heteroatoms. The fourth-order valence-electron chi connectivity index (χ4n) is 3.18. The van der Waals surface area contributed by atoms with Crippen molar-refractivity contribution in [1.82, 2.24) is 0 Å². The summed E-state index contributed by atoms with van der Waals surface area (Å²) in [7, 11) is 0. The minimum Gasteiger partial charge on any atom is -0.431 e. The zero-order valence-corrected chi connectivity index (χ0v) is 13.3. The summed E-state index contributed by atoms with van der Waals surface area (Å²) in [5.41, 5.74) is 0. The third kappa shape index (κ3) is 3.46. The van der Waals surface area contributed by atoms with Gasteiger partial charge >= 0.3 is 5.97 Å². The fraction of sp³-hybridized carbons (Fsp3) is 0.750. The van der Waals surface area contributed by atoms with Crippen LogP contribution < -0.4 is 0 Å². The summed E-state index contributed by atoms with van der Waals surface area (Å²) in [6.45, 7) is 4.12. The van der Waals surface area contributed by atoms with Gasteiger partial charge in [-0.1, -0.05) is 20.3 Å². The van der Waals surface area contributed by atoms with E-state index in [1.807, 2.05) is 18.7 Å². The minimum atomic E-state index is -0.210. The van der Waals surface area contributed by atoms with Crippen LogP contribution in [0.3, 0.4) is 0 Å². The molecule has 112 valence electrons. The Hall–Kier alpha value is -0.770. The highest BCUT2D eigenvalue weighted by molar-refractivity contribution is 8.00. The molecule has 0 radical (unpaired) electrons. The van der Waals surface area contributed by atoms with Crippen LogP contribution >= 0.6 is 11.8 Å². The largest absolute Gasteiger partial charge is 0.431 e. The molecule has 20 heavy (non-hydrogen) atoms. The first-order valence-electron chi connectivity index (χ1n) is 7.67. The molecular formula is C16H24O3S. The molecule has 0 amide bonds. The average Bonchev–Trinajstić information content (AvgIpc) is 2.33. The first-order chi connectivity index (χ1) is 9.59. The number of allylic oxidation sites excluding steroid dienone is 2. The Balaban J connectivity index is 2.02. The van der Waals surface area contributed by atoms with E-state index in [-0.39, 0.29) is 16.5 Å². The van der Waals surface area contributed by atoms with E-state index in [4.69, 9.17) is 4.74 Å². The summed E-state index contributed by atoms with van der Waals surface area (Å²) in [5, 5.41) is 0. The van der Waals surface area contributed by atoms with Crippen molar-refractivity contribution in [2.75, 3.05) is 5.75 Å². The number of ether oxygens (including phenoxy) is 1. The molecule has 2 rings (SSSR count). The summed E-state index contributed by atoms with van der Waals surface area (Å²) in [6, 6.07) is 0. The van der Waals surface area contributed by atoms with Crippen molar-refractivity contribution in [2.24, 2.45) is 5.92 Å². The highest BCUT2D eigenvalue weighted by Gasteiger charge is 2.46. The molecule has 0 aromatic carbocycles. The van der Waals surface area contributed by atoms with Gasteiger partial charge in [0, 0.05) is 30.1 Å². The Morgan fingerprint density at radius 2 is 2.15 bits per heavy atom. The maximum atomic E-state index is 11.9. The second-order valence-corrected chi connectivity index (χ2v) is 7.44. The molecule has 0 aliphatic heterocycles. The monoisotopic (exact) mass is 296 g/mol. The van der Waals surface area contributed by atoms with E-state index < -0.39 is 0 Å². The predicted molar refractivity (Wildman–Crippen MR) is 81.5 cm³/mol. The quantitative estimate of drug-likeness (QED) is 0.698. The zero-order valence-electron chi connectivity index (χ0n) is 12.4. The standard InChI is InChI=1S/C16H24O3S/c1-3-6-15(18)19-14-10-12(9-13(17)11-14)16(20-4-2)7-5-8-16/h11-12H,3-10H2,1-2H3. The summed E-state index contributed by atoms with van der Waals surface area (Å²) in [6.07, 6.45) is 7.73. The van der Waals surface area contributed by atoms with Gasteiger partial charge in [-0.15, -0.1) is 0 Å². The van der Waals surface area contributed by atoms with Gasteiger partial charge in [-0.05, 0) is 30.9 Å². The summed E-state index contributed by atoms with van der Waals surface area (Å²) >= 11 is 1.99. The van der Waals surface area contributed by atoms with E-state index in [0.29, 0.717) is 24.5 Å². The lowest BCUT2D eigenvalue weighted by atomic mass is 9.70. The maximum Gasteiger partial charge on any atom is 0.310 e. The van der Waals surface area contributed by atoms with Crippen molar-refractivity contribution >= 4 is 23.5 Å². The molecule has 1 atom stereocenters. The Labute approximate surface area is 125 Å². The van der Waals surface area contributed by atoms with E-state index in [9.17, 15) is 9.59 Å². The molecule has 0 aromatic heterocycles. The van der Waals surface area contributed by atoms with Gasteiger partial charge < -0.3 is 4.74 Å². The van der Waals surface area contributed by atoms with Crippen LogP contribution in [-0.4, -0.2) is 22.3 Å². The average molecular weight is 296 g/mol. The number of ketones is 1. The second-order valence-electron chi connectivity index (χ2n) is 5.76. The number of rotatable bonds is 6. The van der Waals surface area contributed by atoms with Crippen LogP contribution in [-0.2, 0) is 14.3 Å². The third-order valence-corrected chi connectivity index (χ3v) is 5.90. The fourth-order valence-corrected chi connectivity index (χ4v) is 4.74. The van der Waals surface area contributed by atoms with Crippen LogP contribution in [0.4, 0.5) is 0 Å². The van der Waals surface area contributed by atoms with Crippen molar-refractivity contribution in [3.8, 4) is 0 Å². The predicted octanol–water partition coefficient (Wildman–Crippen LogP) is 3.87. The third-order valence-electron chi connectivity index (χ3n) is 4.29. The van der Waals surface area contributed by atoms with Gasteiger partial charge in [-0.3, -0.25) is 9.59 Å². The number of hydrogen-bond acceptors (Lipinski definition) is 4. The maximum absolute atomic E-state index is 11.9. The topological polar surface area (TPSA) is 43.4 Å². The molecule has 1 saturated carbocycles. The van der Waals surface area contributed by atoms with Crippen molar-refractivity contribution in [1.29, 1.82) is 0 Å². The van der Waals surface area contributed by atoms with Gasteiger partial charge in [-0.25, -0.2) is 0 Å². The van der Waals surface area contributed by atoms with E-state index in [2.05, 4.69) is 6.92 Å². The molecule has 2 aliphatic carbocycles. The number of thioether (sulfide) groups is 1. The number of hydrogen-bond donors (Lipinski definition) is 0. The molecule has 3 nitrogen and oxygen atoms in total. The molecule has 0 spiro atoms. The summed E-state index contributed by atoms with van der Waals surface area (Å²) in [5.74, 6) is 1.91. The summed E-state index contributed by atoms with van der Waals surface area (Å²) in [4.78, 5) is 23.5. The van der Waals surface area contributed by atoms with Crippen molar-refractivity contribution in [3.63, 3.8) is 0 Å². The lowest BCUT2D eigenvalue weighted by Gasteiger charge is -2.48. The normalized spacial score (nSPS) is 24.8. The van der Waals surface area contributed by atoms with Gasteiger partial charge in [0.25, 0.3) is 0 Å². The van der Waals surface area contributed by atoms with E-state index in [1.54, 1.807) is 0 Å². The molecule has 0 aromatic rings. The second kappa shape index (κ2) is 6.79. The Bertz CT molecular complexity index is 410. The molecule has 0 saturated heterocycles. The Morgan fingerprint density at radius 3 is 2.70 bits per heavy atom. The van der Waals surface area contributed by atoms with Crippen LogP contribution in [0.15, 0.2) is 11.8 Å². The molecule has 1 fully saturated rings. The van der Waals surface area contributed by atoms with Gasteiger partial charge in [-0.2, -0.15) is 11.8 Å². The van der Waals surface area contributed by atoms with Crippen LogP contribution in [0.2, 0.25) is 0 Å². The molecule has 1 unspecified atom stereocenters. The molecule has 0 N–H and O–H groups in total. The van der Waals surface area contributed by atoms with Crippen molar-refractivity contribution in [2.45, 2.75) is 63.5 Å². The number of carbonyl (C=O) groups excluding carboxylic acids is 2. The van der Waals surface area contributed by atoms with Gasteiger partial charge in [0.15, 0.2) is 5.78 Å².